The largest absolute Gasteiger partial charge is 0.330 e. The topological polar surface area (TPSA) is 75.4 Å². The predicted octanol–water partition coefficient (Wildman–Crippen LogP) is -0.795. The fourth-order valence-electron chi connectivity index (χ4n) is 1.61. The van der Waals surface area contributed by atoms with Crippen molar-refractivity contribution in [2.24, 2.45) is 11.7 Å². The van der Waals surface area contributed by atoms with Crippen molar-refractivity contribution in [1.82, 2.24) is 9.62 Å². The molecule has 2 atom stereocenters. The molecule has 90 valence electrons. The number of rotatable bonds is 5. The Morgan fingerprint density at radius 1 is 1.60 bits per heavy atom. The lowest BCUT2D eigenvalue weighted by molar-refractivity contribution is 0.416. The summed E-state index contributed by atoms with van der Waals surface area (Å²) in [6.45, 7) is 4.37. The Kier molecular flexibility index (Phi) is 4.51. The van der Waals surface area contributed by atoms with Crippen LogP contribution in [-0.4, -0.2) is 51.8 Å². The number of hydrogen-bond acceptors (Lipinski definition) is 4. The highest BCUT2D eigenvalue weighted by atomic mass is 32.2. The van der Waals surface area contributed by atoms with Gasteiger partial charge in [0, 0.05) is 13.1 Å². The summed E-state index contributed by atoms with van der Waals surface area (Å²) in [5.41, 5.74) is 5.43. The van der Waals surface area contributed by atoms with Gasteiger partial charge < -0.3 is 10.6 Å². The van der Waals surface area contributed by atoms with Gasteiger partial charge in [-0.1, -0.05) is 6.92 Å². The molecule has 6 heteroatoms. The van der Waals surface area contributed by atoms with Crippen molar-refractivity contribution >= 4 is 10.0 Å². The molecule has 0 bridgehead atoms. The normalized spacial score (nSPS) is 25.7. The monoisotopic (exact) mass is 235 g/mol. The maximum Gasteiger partial charge on any atom is 0.215 e. The van der Waals surface area contributed by atoms with E-state index in [0.717, 1.165) is 13.0 Å². The molecule has 1 aliphatic heterocycles. The van der Waals surface area contributed by atoms with Crippen LogP contribution < -0.4 is 10.5 Å². The van der Waals surface area contributed by atoms with E-state index < -0.39 is 10.0 Å². The number of nitrogens with two attached hydrogens (primary N) is 1. The highest BCUT2D eigenvalue weighted by molar-refractivity contribution is 7.90. The Balaban J connectivity index is 2.45. The van der Waals surface area contributed by atoms with E-state index in [0.29, 0.717) is 19.6 Å². The molecule has 3 N–H and O–H groups in total. The average molecular weight is 235 g/mol. The summed E-state index contributed by atoms with van der Waals surface area (Å²) in [5, 5.41) is -0.257. The second kappa shape index (κ2) is 5.25. The van der Waals surface area contributed by atoms with Crippen LogP contribution in [0.15, 0.2) is 0 Å². The predicted molar refractivity (Wildman–Crippen MR) is 61.0 cm³/mol. The molecule has 0 aliphatic carbocycles. The Morgan fingerprint density at radius 3 is 2.73 bits per heavy atom. The first-order chi connectivity index (χ1) is 6.95. The van der Waals surface area contributed by atoms with E-state index in [1.54, 1.807) is 0 Å². The first-order valence-corrected chi connectivity index (χ1v) is 6.87. The van der Waals surface area contributed by atoms with E-state index in [9.17, 15) is 8.42 Å². The molecular formula is C9H21N3O2S. The molecule has 1 aliphatic rings. The smallest absolute Gasteiger partial charge is 0.215 e. The number of nitrogens with zero attached hydrogens (tertiary/aromatic N) is 1. The molecule has 1 rings (SSSR count). The third-order valence-corrected chi connectivity index (χ3v) is 4.65. The van der Waals surface area contributed by atoms with Gasteiger partial charge in [-0.3, -0.25) is 0 Å². The molecule has 2 unspecified atom stereocenters. The Morgan fingerprint density at radius 2 is 2.27 bits per heavy atom. The zero-order chi connectivity index (χ0) is 11.5. The van der Waals surface area contributed by atoms with Crippen LogP contribution in [0.25, 0.3) is 0 Å². The summed E-state index contributed by atoms with van der Waals surface area (Å²) in [7, 11) is -1.20. The molecule has 0 spiro atoms. The van der Waals surface area contributed by atoms with Crippen molar-refractivity contribution in [2.75, 3.05) is 33.2 Å². The Bertz CT molecular complexity index is 292. The minimum absolute atomic E-state index is 0.193. The van der Waals surface area contributed by atoms with Crippen molar-refractivity contribution < 1.29 is 8.42 Å². The second-order valence-electron chi connectivity index (χ2n) is 4.41. The van der Waals surface area contributed by atoms with Gasteiger partial charge in [0.25, 0.3) is 0 Å². The summed E-state index contributed by atoms with van der Waals surface area (Å²) >= 11 is 0. The van der Waals surface area contributed by atoms with E-state index in [1.807, 2.05) is 18.9 Å². The van der Waals surface area contributed by atoms with Crippen molar-refractivity contribution in [3.05, 3.63) is 0 Å². The summed E-state index contributed by atoms with van der Waals surface area (Å²) in [4.78, 5) is 2.04. The SMILES string of the molecule is CC(CN)CNS(=O)(=O)C1CCN(C)C1. The van der Waals surface area contributed by atoms with E-state index in [4.69, 9.17) is 5.73 Å². The van der Waals surface area contributed by atoms with Gasteiger partial charge in [0.05, 0.1) is 5.25 Å². The van der Waals surface area contributed by atoms with Crippen LogP contribution in [0.4, 0.5) is 0 Å². The van der Waals surface area contributed by atoms with Gasteiger partial charge in [0.2, 0.25) is 10.0 Å². The van der Waals surface area contributed by atoms with Crippen LogP contribution in [0, 0.1) is 5.92 Å². The summed E-state index contributed by atoms with van der Waals surface area (Å²) in [5.74, 6) is 0.193. The quantitative estimate of drug-likeness (QED) is 0.654. The van der Waals surface area contributed by atoms with Crippen LogP contribution in [0.3, 0.4) is 0 Å². The van der Waals surface area contributed by atoms with Crippen LogP contribution in [-0.2, 0) is 10.0 Å². The molecule has 0 saturated carbocycles. The number of nitrogens with one attached hydrogen (secondary N) is 1. The first kappa shape index (κ1) is 12.9. The molecule has 0 aromatic rings. The number of sulfonamides is 1. The van der Waals surface area contributed by atoms with Gasteiger partial charge in [-0.25, -0.2) is 13.1 Å². The van der Waals surface area contributed by atoms with Gasteiger partial charge in [-0.05, 0) is 32.5 Å². The van der Waals surface area contributed by atoms with Crippen LogP contribution in [0.5, 0.6) is 0 Å². The fourth-order valence-corrected chi connectivity index (χ4v) is 3.23. The lowest BCUT2D eigenvalue weighted by Crippen LogP contribution is -2.39. The molecular weight excluding hydrogens is 214 g/mol. The molecule has 1 saturated heterocycles. The fraction of sp³-hybridized carbons (Fsp3) is 1.00. The number of hydrogen-bond donors (Lipinski definition) is 2. The first-order valence-electron chi connectivity index (χ1n) is 5.32. The third-order valence-electron chi connectivity index (χ3n) is 2.82. The van der Waals surface area contributed by atoms with Gasteiger partial charge in [0.1, 0.15) is 0 Å². The van der Waals surface area contributed by atoms with E-state index in [-0.39, 0.29) is 11.2 Å². The van der Waals surface area contributed by atoms with Crippen molar-refractivity contribution in [3.63, 3.8) is 0 Å². The van der Waals surface area contributed by atoms with E-state index in [2.05, 4.69) is 4.72 Å². The van der Waals surface area contributed by atoms with Gasteiger partial charge in [-0.2, -0.15) is 0 Å². The van der Waals surface area contributed by atoms with Crippen LogP contribution in [0.2, 0.25) is 0 Å². The summed E-state index contributed by atoms with van der Waals surface area (Å²) in [6, 6.07) is 0. The Labute approximate surface area is 92.1 Å². The van der Waals surface area contributed by atoms with Gasteiger partial charge in [0.15, 0.2) is 0 Å². The second-order valence-corrected chi connectivity index (χ2v) is 6.45. The molecule has 15 heavy (non-hydrogen) atoms. The van der Waals surface area contributed by atoms with E-state index in [1.165, 1.54) is 0 Å². The van der Waals surface area contributed by atoms with Crippen LogP contribution >= 0.6 is 0 Å². The molecule has 0 amide bonds. The summed E-state index contributed by atoms with van der Waals surface area (Å²) < 4.78 is 26.3. The highest BCUT2D eigenvalue weighted by Crippen LogP contribution is 2.14. The Hall–Kier alpha value is -0.170. The molecule has 0 aromatic heterocycles. The lowest BCUT2D eigenvalue weighted by atomic mass is 10.2. The molecule has 0 aromatic carbocycles. The molecule has 5 nitrogen and oxygen atoms in total. The maximum atomic E-state index is 11.8. The lowest BCUT2D eigenvalue weighted by Gasteiger charge is -2.15. The average Bonchev–Trinajstić information content (AvgIpc) is 2.62. The minimum Gasteiger partial charge on any atom is -0.330 e. The number of likely N-dealkylation sites (tertiary alicyclic amines) is 1. The minimum atomic E-state index is -3.15. The van der Waals surface area contributed by atoms with E-state index >= 15 is 0 Å². The molecule has 1 heterocycles. The van der Waals surface area contributed by atoms with Gasteiger partial charge in [-0.15, -0.1) is 0 Å². The third kappa shape index (κ3) is 3.71. The highest BCUT2D eigenvalue weighted by Gasteiger charge is 2.31. The zero-order valence-corrected chi connectivity index (χ0v) is 10.3. The van der Waals surface area contributed by atoms with Crippen molar-refractivity contribution in [3.8, 4) is 0 Å². The molecule has 0 radical (unpaired) electrons. The summed E-state index contributed by atoms with van der Waals surface area (Å²) in [6.07, 6.45) is 0.725. The molecule has 1 fully saturated rings. The van der Waals surface area contributed by atoms with Gasteiger partial charge >= 0.3 is 0 Å². The standard InChI is InChI=1S/C9H21N3O2S/c1-8(5-10)6-11-15(13,14)9-3-4-12(2)7-9/h8-9,11H,3-7,10H2,1-2H3. The van der Waals surface area contributed by atoms with Crippen LogP contribution in [0.1, 0.15) is 13.3 Å². The zero-order valence-electron chi connectivity index (χ0n) is 9.44. The van der Waals surface area contributed by atoms with Crippen molar-refractivity contribution in [1.29, 1.82) is 0 Å². The van der Waals surface area contributed by atoms with Crippen molar-refractivity contribution in [2.45, 2.75) is 18.6 Å². The maximum absolute atomic E-state index is 11.8.